The molecule has 3 saturated carbocycles. The number of rotatable bonds is 1. The fourth-order valence-corrected chi connectivity index (χ4v) is 3.83. The minimum Gasteiger partial charge on any atom is -0.393 e. The van der Waals surface area contributed by atoms with Gasteiger partial charge >= 0.3 is 0 Å². The molecule has 2 nitrogen and oxygen atoms in total. The van der Waals surface area contributed by atoms with Crippen LogP contribution in [0.1, 0.15) is 32.1 Å². The van der Waals surface area contributed by atoms with Gasteiger partial charge in [-0.15, -0.1) is 0 Å². The summed E-state index contributed by atoms with van der Waals surface area (Å²) < 4.78 is 5.42. The van der Waals surface area contributed by atoms with Crippen molar-refractivity contribution in [1.82, 2.24) is 0 Å². The Morgan fingerprint density at radius 1 is 1.23 bits per heavy atom. The second kappa shape index (κ2) is 2.48. The van der Waals surface area contributed by atoms with Crippen LogP contribution in [0.5, 0.6) is 0 Å². The van der Waals surface area contributed by atoms with Crippen LogP contribution in [0.4, 0.5) is 0 Å². The largest absolute Gasteiger partial charge is 0.393 e. The van der Waals surface area contributed by atoms with Crippen LogP contribution >= 0.6 is 0 Å². The van der Waals surface area contributed by atoms with Crippen molar-refractivity contribution in [2.45, 2.75) is 44.3 Å². The predicted octanol–water partition coefficient (Wildman–Crippen LogP) is 1.57. The van der Waals surface area contributed by atoms with E-state index < -0.39 is 0 Å². The smallest absolute Gasteiger partial charge is 0.0635 e. The molecule has 0 bridgehead atoms. The van der Waals surface area contributed by atoms with Gasteiger partial charge < -0.3 is 9.84 Å². The molecule has 3 fully saturated rings. The lowest BCUT2D eigenvalue weighted by Crippen LogP contribution is -2.15. The average Bonchev–Trinajstić information content (AvgIpc) is 2.49. The molecule has 0 heterocycles. The fourth-order valence-electron chi connectivity index (χ4n) is 3.83. The molecule has 1 spiro atoms. The topological polar surface area (TPSA) is 29.5 Å². The highest BCUT2D eigenvalue weighted by molar-refractivity contribution is 5.12. The zero-order valence-electron chi connectivity index (χ0n) is 8.20. The normalized spacial score (nSPS) is 58.6. The number of hydrogen-bond donors (Lipinski definition) is 1. The van der Waals surface area contributed by atoms with Gasteiger partial charge in [-0.05, 0) is 49.4 Å². The first-order valence-corrected chi connectivity index (χ1v) is 5.46. The van der Waals surface area contributed by atoms with Gasteiger partial charge in [-0.3, -0.25) is 0 Å². The summed E-state index contributed by atoms with van der Waals surface area (Å²) in [6.07, 6.45) is 6.63. The quantitative estimate of drug-likeness (QED) is 0.667. The molecule has 0 aromatic heterocycles. The van der Waals surface area contributed by atoms with Gasteiger partial charge in [-0.1, -0.05) is 0 Å². The Morgan fingerprint density at radius 3 is 2.69 bits per heavy atom. The zero-order valence-corrected chi connectivity index (χ0v) is 8.20. The fraction of sp³-hybridized carbons (Fsp3) is 1.00. The monoisotopic (exact) mass is 182 g/mol. The molecule has 74 valence electrons. The van der Waals surface area contributed by atoms with Crippen molar-refractivity contribution in [3.8, 4) is 0 Å². The molecule has 0 amide bonds. The van der Waals surface area contributed by atoms with Gasteiger partial charge in [0.1, 0.15) is 0 Å². The Bertz CT molecular complexity index is 228. The van der Waals surface area contributed by atoms with Crippen LogP contribution in [0.15, 0.2) is 0 Å². The van der Waals surface area contributed by atoms with E-state index in [1.54, 1.807) is 0 Å². The Morgan fingerprint density at radius 2 is 2.08 bits per heavy atom. The maximum Gasteiger partial charge on any atom is 0.0635 e. The standard InChI is InChI=1S/C11H18O2/c1-13-10-6-11(10)4-7-2-3-9(12)8(7)5-11/h7-10,12H,2-6H2,1H3/t7-,8+,9-,10?,11-/m0/s1. The van der Waals surface area contributed by atoms with E-state index in [-0.39, 0.29) is 6.10 Å². The molecule has 5 atom stereocenters. The molecule has 3 aliphatic carbocycles. The molecule has 0 radical (unpaired) electrons. The van der Waals surface area contributed by atoms with Gasteiger partial charge in [-0.25, -0.2) is 0 Å². The molecule has 1 unspecified atom stereocenters. The Hall–Kier alpha value is -0.0800. The first-order valence-electron chi connectivity index (χ1n) is 5.46. The van der Waals surface area contributed by atoms with E-state index in [4.69, 9.17) is 4.74 Å². The Kier molecular flexibility index (Phi) is 1.58. The van der Waals surface area contributed by atoms with Crippen molar-refractivity contribution < 1.29 is 9.84 Å². The van der Waals surface area contributed by atoms with Crippen LogP contribution in [0.2, 0.25) is 0 Å². The maximum absolute atomic E-state index is 9.78. The molecule has 3 aliphatic rings. The zero-order chi connectivity index (χ0) is 9.05. The number of fused-ring (bicyclic) bond motifs is 1. The summed E-state index contributed by atoms with van der Waals surface area (Å²) in [5.41, 5.74) is 0.505. The van der Waals surface area contributed by atoms with Crippen molar-refractivity contribution in [2.75, 3.05) is 7.11 Å². The molecule has 0 saturated heterocycles. The van der Waals surface area contributed by atoms with Gasteiger partial charge in [0.05, 0.1) is 12.2 Å². The van der Waals surface area contributed by atoms with E-state index in [0.29, 0.717) is 17.4 Å². The van der Waals surface area contributed by atoms with E-state index in [0.717, 1.165) is 12.3 Å². The third-order valence-corrected chi connectivity index (χ3v) is 4.64. The Balaban J connectivity index is 1.73. The highest BCUT2D eigenvalue weighted by Crippen LogP contribution is 2.65. The summed E-state index contributed by atoms with van der Waals surface area (Å²) in [5, 5.41) is 9.78. The van der Waals surface area contributed by atoms with E-state index in [2.05, 4.69) is 0 Å². The van der Waals surface area contributed by atoms with Gasteiger partial charge in [0.25, 0.3) is 0 Å². The summed E-state index contributed by atoms with van der Waals surface area (Å²) in [4.78, 5) is 0. The van der Waals surface area contributed by atoms with Crippen LogP contribution in [0, 0.1) is 17.3 Å². The summed E-state index contributed by atoms with van der Waals surface area (Å²) in [6.45, 7) is 0. The molecule has 1 N–H and O–H groups in total. The number of methoxy groups -OCH3 is 1. The minimum atomic E-state index is 0.00230. The van der Waals surface area contributed by atoms with Crippen LogP contribution in [-0.2, 0) is 4.74 Å². The highest BCUT2D eigenvalue weighted by Gasteiger charge is 2.62. The number of aliphatic hydroxyl groups excluding tert-OH is 1. The number of aliphatic hydroxyl groups is 1. The molecule has 13 heavy (non-hydrogen) atoms. The Labute approximate surface area is 79.3 Å². The predicted molar refractivity (Wildman–Crippen MR) is 49.3 cm³/mol. The molecule has 2 heteroatoms. The van der Waals surface area contributed by atoms with Gasteiger partial charge in [0.15, 0.2) is 0 Å². The van der Waals surface area contributed by atoms with Crippen molar-refractivity contribution in [3.63, 3.8) is 0 Å². The van der Waals surface area contributed by atoms with Crippen LogP contribution < -0.4 is 0 Å². The van der Waals surface area contributed by atoms with Gasteiger partial charge in [0, 0.05) is 7.11 Å². The maximum atomic E-state index is 9.78. The SMILES string of the molecule is COC1C[C@@]12C[C@@H]1CC[C@H](O)[C@@H]1C2. The lowest BCUT2D eigenvalue weighted by Gasteiger charge is -2.13. The van der Waals surface area contributed by atoms with Gasteiger partial charge in [-0.2, -0.15) is 0 Å². The summed E-state index contributed by atoms with van der Waals surface area (Å²) in [5.74, 6) is 1.43. The van der Waals surface area contributed by atoms with E-state index in [9.17, 15) is 5.11 Å². The van der Waals surface area contributed by atoms with Crippen LogP contribution in [-0.4, -0.2) is 24.4 Å². The second-order valence-corrected chi connectivity index (χ2v) is 5.27. The summed E-state index contributed by atoms with van der Waals surface area (Å²) in [6, 6.07) is 0. The van der Waals surface area contributed by atoms with Gasteiger partial charge in [0.2, 0.25) is 0 Å². The molecular formula is C11H18O2. The third-order valence-electron chi connectivity index (χ3n) is 4.64. The number of ether oxygens (including phenoxy) is 1. The molecule has 0 aliphatic heterocycles. The van der Waals surface area contributed by atoms with E-state index in [1.165, 1.54) is 25.7 Å². The first kappa shape index (κ1) is 8.25. The highest BCUT2D eigenvalue weighted by atomic mass is 16.5. The van der Waals surface area contributed by atoms with Crippen molar-refractivity contribution in [2.24, 2.45) is 17.3 Å². The first-order chi connectivity index (χ1) is 6.25. The molecule has 3 rings (SSSR count). The van der Waals surface area contributed by atoms with E-state index >= 15 is 0 Å². The second-order valence-electron chi connectivity index (χ2n) is 5.27. The van der Waals surface area contributed by atoms with E-state index in [1.807, 2.05) is 7.11 Å². The van der Waals surface area contributed by atoms with Crippen LogP contribution in [0.25, 0.3) is 0 Å². The lowest BCUT2D eigenvalue weighted by atomic mass is 9.99. The molecular weight excluding hydrogens is 164 g/mol. The molecule has 0 aromatic rings. The summed E-state index contributed by atoms with van der Waals surface area (Å²) in [7, 11) is 1.82. The van der Waals surface area contributed by atoms with Crippen LogP contribution in [0.3, 0.4) is 0 Å². The van der Waals surface area contributed by atoms with Crippen molar-refractivity contribution in [3.05, 3.63) is 0 Å². The minimum absolute atomic E-state index is 0.00230. The lowest BCUT2D eigenvalue weighted by molar-refractivity contribution is 0.111. The van der Waals surface area contributed by atoms with Crippen molar-refractivity contribution in [1.29, 1.82) is 0 Å². The third kappa shape index (κ3) is 1.02. The summed E-state index contributed by atoms with van der Waals surface area (Å²) >= 11 is 0. The molecule has 0 aromatic carbocycles. The number of hydrogen-bond acceptors (Lipinski definition) is 2. The van der Waals surface area contributed by atoms with Crippen molar-refractivity contribution >= 4 is 0 Å². The average molecular weight is 182 g/mol.